The van der Waals surface area contributed by atoms with Gasteiger partial charge < -0.3 is 10.0 Å². The second kappa shape index (κ2) is 6.84. The predicted octanol–water partition coefficient (Wildman–Crippen LogP) is 4.07. The molecule has 2 aromatic carbocycles. The summed E-state index contributed by atoms with van der Waals surface area (Å²) in [5.41, 5.74) is 3.16. The molecule has 1 atom stereocenters. The van der Waals surface area contributed by atoms with Crippen molar-refractivity contribution in [2.24, 2.45) is 0 Å². The molecular weight excluding hydrogens is 350 g/mol. The standard InChI is InChI=1S/C20H18ClN3O2/c21-16-3-1-2-14(10-16)15-8-9-24(12-15)20(26)19-11-18(22-23-19)13-4-6-17(25)7-5-13/h1-7,10-11,15,25H,8-9,12H2,(H,22,23). The van der Waals surface area contributed by atoms with E-state index in [1.807, 2.05) is 23.1 Å². The van der Waals surface area contributed by atoms with Crippen LogP contribution in [0.2, 0.25) is 5.02 Å². The third kappa shape index (κ3) is 3.30. The van der Waals surface area contributed by atoms with Crippen molar-refractivity contribution in [3.05, 3.63) is 70.9 Å². The number of nitrogens with one attached hydrogen (secondary N) is 1. The highest BCUT2D eigenvalue weighted by Gasteiger charge is 2.29. The van der Waals surface area contributed by atoms with E-state index in [2.05, 4.69) is 16.3 Å². The number of halogens is 1. The molecule has 3 aromatic rings. The largest absolute Gasteiger partial charge is 0.508 e. The van der Waals surface area contributed by atoms with E-state index in [-0.39, 0.29) is 11.7 Å². The molecule has 0 aliphatic carbocycles. The van der Waals surface area contributed by atoms with Gasteiger partial charge in [-0.15, -0.1) is 0 Å². The molecule has 26 heavy (non-hydrogen) atoms. The van der Waals surface area contributed by atoms with Gasteiger partial charge in [0.05, 0.1) is 5.69 Å². The van der Waals surface area contributed by atoms with Crippen LogP contribution in [0.3, 0.4) is 0 Å². The van der Waals surface area contributed by atoms with Gasteiger partial charge in [0.2, 0.25) is 0 Å². The van der Waals surface area contributed by atoms with E-state index >= 15 is 0 Å². The zero-order valence-corrected chi connectivity index (χ0v) is 14.8. The molecule has 5 nitrogen and oxygen atoms in total. The minimum Gasteiger partial charge on any atom is -0.508 e. The van der Waals surface area contributed by atoms with Crippen molar-refractivity contribution in [1.82, 2.24) is 15.1 Å². The summed E-state index contributed by atoms with van der Waals surface area (Å²) in [5, 5.41) is 17.2. The second-order valence-corrected chi connectivity index (χ2v) is 6.94. The predicted molar refractivity (Wildman–Crippen MR) is 100 cm³/mol. The first-order chi connectivity index (χ1) is 12.6. The van der Waals surface area contributed by atoms with E-state index in [0.717, 1.165) is 17.0 Å². The van der Waals surface area contributed by atoms with Gasteiger partial charge in [-0.3, -0.25) is 9.89 Å². The van der Waals surface area contributed by atoms with Crippen LogP contribution in [-0.4, -0.2) is 39.2 Å². The van der Waals surface area contributed by atoms with Gasteiger partial charge >= 0.3 is 0 Å². The van der Waals surface area contributed by atoms with Crippen LogP contribution in [0.4, 0.5) is 0 Å². The summed E-state index contributed by atoms with van der Waals surface area (Å²) in [5.74, 6) is 0.453. The number of hydrogen-bond acceptors (Lipinski definition) is 3. The molecule has 0 bridgehead atoms. The molecular formula is C20H18ClN3O2. The average molecular weight is 368 g/mol. The van der Waals surface area contributed by atoms with E-state index < -0.39 is 0 Å². The van der Waals surface area contributed by atoms with Crippen molar-refractivity contribution in [2.75, 3.05) is 13.1 Å². The first-order valence-electron chi connectivity index (χ1n) is 8.50. The highest BCUT2D eigenvalue weighted by Crippen LogP contribution is 2.30. The van der Waals surface area contributed by atoms with Crippen molar-refractivity contribution in [3.63, 3.8) is 0 Å². The molecule has 2 heterocycles. The maximum atomic E-state index is 12.8. The van der Waals surface area contributed by atoms with Crippen molar-refractivity contribution in [3.8, 4) is 17.0 Å². The van der Waals surface area contributed by atoms with E-state index in [9.17, 15) is 9.90 Å². The molecule has 0 radical (unpaired) electrons. The number of likely N-dealkylation sites (tertiary alicyclic amines) is 1. The highest BCUT2D eigenvalue weighted by atomic mass is 35.5. The zero-order valence-electron chi connectivity index (χ0n) is 14.0. The number of carbonyl (C=O) groups excluding carboxylic acids is 1. The number of aromatic nitrogens is 2. The fraction of sp³-hybridized carbons (Fsp3) is 0.200. The number of rotatable bonds is 3. The van der Waals surface area contributed by atoms with E-state index in [0.29, 0.717) is 30.4 Å². The molecule has 0 spiro atoms. The summed E-state index contributed by atoms with van der Waals surface area (Å²) >= 11 is 6.08. The number of nitrogens with zero attached hydrogens (tertiary/aromatic N) is 2. The molecule has 1 unspecified atom stereocenters. The number of amides is 1. The second-order valence-electron chi connectivity index (χ2n) is 6.51. The topological polar surface area (TPSA) is 69.2 Å². The van der Waals surface area contributed by atoms with Gasteiger partial charge in [0.15, 0.2) is 0 Å². The molecule has 6 heteroatoms. The monoisotopic (exact) mass is 367 g/mol. The van der Waals surface area contributed by atoms with E-state index in [1.165, 1.54) is 5.56 Å². The SMILES string of the molecule is O=C(c1cc(-c2ccc(O)cc2)n[nH]1)N1CCC(c2cccc(Cl)c2)C1. The van der Waals surface area contributed by atoms with Crippen LogP contribution in [0.5, 0.6) is 5.75 Å². The molecule has 4 rings (SSSR count). The molecule has 1 saturated heterocycles. The Hall–Kier alpha value is -2.79. The summed E-state index contributed by atoms with van der Waals surface area (Å²) in [7, 11) is 0. The molecule has 2 N–H and O–H groups in total. The van der Waals surface area contributed by atoms with Crippen molar-refractivity contribution < 1.29 is 9.90 Å². The van der Waals surface area contributed by atoms with Gasteiger partial charge in [0.25, 0.3) is 5.91 Å². The van der Waals surface area contributed by atoms with Crippen LogP contribution in [0.1, 0.15) is 28.4 Å². The maximum Gasteiger partial charge on any atom is 0.271 e. The Morgan fingerprint density at radius 1 is 1.19 bits per heavy atom. The molecule has 1 aliphatic heterocycles. The molecule has 1 aromatic heterocycles. The summed E-state index contributed by atoms with van der Waals surface area (Å²) in [6.45, 7) is 1.39. The Morgan fingerprint density at radius 3 is 2.77 bits per heavy atom. The van der Waals surface area contributed by atoms with Crippen molar-refractivity contribution in [2.45, 2.75) is 12.3 Å². The number of carbonyl (C=O) groups is 1. The minimum atomic E-state index is -0.0490. The Labute approximate surface area is 156 Å². The first kappa shape index (κ1) is 16.7. The Balaban J connectivity index is 1.48. The van der Waals surface area contributed by atoms with Gasteiger partial charge in [-0.05, 0) is 54.4 Å². The lowest BCUT2D eigenvalue weighted by Gasteiger charge is -2.15. The molecule has 1 fully saturated rings. The lowest BCUT2D eigenvalue weighted by atomic mass is 9.99. The third-order valence-electron chi connectivity index (χ3n) is 4.77. The van der Waals surface area contributed by atoms with E-state index in [1.54, 1.807) is 30.3 Å². The summed E-state index contributed by atoms with van der Waals surface area (Å²) in [6.07, 6.45) is 0.922. The zero-order chi connectivity index (χ0) is 18.1. The number of aromatic amines is 1. The number of phenols is 1. The van der Waals surface area contributed by atoms with Gasteiger partial charge in [-0.1, -0.05) is 23.7 Å². The van der Waals surface area contributed by atoms with Gasteiger partial charge in [0, 0.05) is 29.6 Å². The van der Waals surface area contributed by atoms with Crippen LogP contribution in [-0.2, 0) is 0 Å². The molecule has 132 valence electrons. The first-order valence-corrected chi connectivity index (χ1v) is 8.87. The number of phenolic OH excluding ortho intramolecular Hbond substituents is 1. The van der Waals surface area contributed by atoms with Crippen molar-refractivity contribution >= 4 is 17.5 Å². The van der Waals surface area contributed by atoms with Crippen LogP contribution >= 0.6 is 11.6 Å². The number of benzene rings is 2. The molecule has 1 amide bonds. The van der Waals surface area contributed by atoms with Gasteiger partial charge in [-0.2, -0.15) is 5.10 Å². The van der Waals surface area contributed by atoms with Crippen LogP contribution in [0.25, 0.3) is 11.3 Å². The summed E-state index contributed by atoms with van der Waals surface area (Å²) in [6, 6.07) is 16.3. The van der Waals surface area contributed by atoms with Crippen LogP contribution < -0.4 is 0 Å². The third-order valence-corrected chi connectivity index (χ3v) is 5.00. The van der Waals surface area contributed by atoms with E-state index in [4.69, 9.17) is 11.6 Å². The van der Waals surface area contributed by atoms with Crippen LogP contribution in [0.15, 0.2) is 54.6 Å². The number of hydrogen-bond donors (Lipinski definition) is 2. The maximum absolute atomic E-state index is 12.8. The van der Waals surface area contributed by atoms with Crippen LogP contribution in [0, 0.1) is 0 Å². The Bertz CT molecular complexity index is 936. The highest BCUT2D eigenvalue weighted by molar-refractivity contribution is 6.30. The Kier molecular flexibility index (Phi) is 4.39. The lowest BCUT2D eigenvalue weighted by Crippen LogP contribution is -2.28. The van der Waals surface area contributed by atoms with Gasteiger partial charge in [0.1, 0.15) is 11.4 Å². The Morgan fingerprint density at radius 2 is 2.00 bits per heavy atom. The molecule has 1 aliphatic rings. The summed E-state index contributed by atoms with van der Waals surface area (Å²) < 4.78 is 0. The fourth-order valence-corrected chi connectivity index (χ4v) is 3.56. The number of aromatic hydroxyl groups is 1. The number of H-pyrrole nitrogens is 1. The lowest BCUT2D eigenvalue weighted by molar-refractivity contribution is 0.0785. The van der Waals surface area contributed by atoms with Crippen molar-refractivity contribution in [1.29, 1.82) is 0 Å². The smallest absolute Gasteiger partial charge is 0.271 e. The average Bonchev–Trinajstić information content (AvgIpc) is 3.32. The summed E-state index contributed by atoms with van der Waals surface area (Å²) in [4.78, 5) is 14.6. The minimum absolute atomic E-state index is 0.0490. The van der Waals surface area contributed by atoms with Gasteiger partial charge in [-0.25, -0.2) is 0 Å². The normalized spacial score (nSPS) is 16.8. The quantitative estimate of drug-likeness (QED) is 0.733. The fourth-order valence-electron chi connectivity index (χ4n) is 3.36. The molecule has 0 saturated carbocycles.